The number of rotatable bonds is 9. The zero-order valence-electron chi connectivity index (χ0n) is 17.7. The Bertz CT molecular complexity index is 1190. The third-order valence-corrected chi connectivity index (χ3v) is 4.95. The number of hydrogen-bond acceptors (Lipinski definition) is 6. The molecule has 0 aliphatic carbocycles. The van der Waals surface area contributed by atoms with E-state index in [4.69, 9.17) is 13.9 Å². The Kier molecular flexibility index (Phi) is 8.51. The van der Waals surface area contributed by atoms with Gasteiger partial charge in [0.1, 0.15) is 17.0 Å². The van der Waals surface area contributed by atoms with Crippen LogP contribution in [0.4, 0.5) is 0 Å². The standard InChI is InChI=1S/C24H23NO5.K/c1-28-19-10-11-21-22(15-19)30-24(25-21)18-7-6-17-14-20(9-8-16(17)13-18)29-12-4-2-3-5-23(26)27;/h6-11,13-15H,2-5,12H2,1H3,(H,26,27);/q;+1/p-1. The summed E-state index contributed by atoms with van der Waals surface area (Å²) in [5.41, 5.74) is 2.38. The molecule has 31 heavy (non-hydrogen) atoms. The second-order valence-electron chi connectivity index (χ2n) is 7.11. The molecule has 3 aromatic carbocycles. The zero-order valence-corrected chi connectivity index (χ0v) is 20.8. The van der Waals surface area contributed by atoms with Gasteiger partial charge in [-0.3, -0.25) is 0 Å². The molecule has 0 aliphatic heterocycles. The fourth-order valence-electron chi connectivity index (χ4n) is 3.34. The molecule has 0 saturated carbocycles. The molecule has 4 aromatic rings. The van der Waals surface area contributed by atoms with Crippen molar-refractivity contribution >= 4 is 27.8 Å². The summed E-state index contributed by atoms with van der Waals surface area (Å²) >= 11 is 0. The number of nitrogens with zero attached hydrogens (tertiary/aromatic N) is 1. The van der Waals surface area contributed by atoms with E-state index in [0.717, 1.165) is 46.2 Å². The second kappa shape index (κ2) is 11.1. The summed E-state index contributed by atoms with van der Waals surface area (Å²) in [6.07, 6.45) is 2.34. The zero-order chi connectivity index (χ0) is 20.9. The van der Waals surface area contributed by atoms with Crippen molar-refractivity contribution in [3.05, 3.63) is 54.6 Å². The van der Waals surface area contributed by atoms with E-state index >= 15 is 0 Å². The molecule has 1 aromatic heterocycles. The molecule has 154 valence electrons. The van der Waals surface area contributed by atoms with Crippen molar-refractivity contribution in [2.45, 2.75) is 25.7 Å². The SMILES string of the molecule is COc1ccc2nc(-c3ccc4cc(OCCCCCC(=O)[O-])ccc4c3)oc2c1.[K+]. The van der Waals surface area contributed by atoms with Crippen molar-refractivity contribution in [2.75, 3.05) is 13.7 Å². The number of aromatic nitrogens is 1. The fourth-order valence-corrected chi connectivity index (χ4v) is 3.34. The van der Waals surface area contributed by atoms with Gasteiger partial charge in [0.05, 0.1) is 13.7 Å². The molecule has 0 saturated heterocycles. The molecule has 0 fully saturated rings. The van der Waals surface area contributed by atoms with Gasteiger partial charge in [-0.25, -0.2) is 4.98 Å². The largest absolute Gasteiger partial charge is 1.00 e. The van der Waals surface area contributed by atoms with Crippen LogP contribution in [-0.2, 0) is 4.79 Å². The molecule has 7 heteroatoms. The number of unbranched alkanes of at least 4 members (excludes halogenated alkanes) is 2. The summed E-state index contributed by atoms with van der Waals surface area (Å²) in [5, 5.41) is 12.5. The van der Waals surface area contributed by atoms with Crippen molar-refractivity contribution < 1.29 is 75.2 Å². The number of aliphatic carboxylic acids is 1. The van der Waals surface area contributed by atoms with Gasteiger partial charge < -0.3 is 23.8 Å². The first-order valence-electron chi connectivity index (χ1n) is 9.94. The Hall–Kier alpha value is -1.90. The molecule has 0 N–H and O–H groups in total. The molecule has 0 atom stereocenters. The third-order valence-electron chi connectivity index (χ3n) is 4.95. The minimum atomic E-state index is -0.998. The summed E-state index contributed by atoms with van der Waals surface area (Å²) in [7, 11) is 1.62. The van der Waals surface area contributed by atoms with E-state index in [0.29, 0.717) is 24.5 Å². The summed E-state index contributed by atoms with van der Waals surface area (Å²) in [4.78, 5) is 15.0. The van der Waals surface area contributed by atoms with Gasteiger partial charge in [-0.2, -0.15) is 0 Å². The molecule has 6 nitrogen and oxygen atoms in total. The van der Waals surface area contributed by atoms with E-state index in [9.17, 15) is 9.90 Å². The van der Waals surface area contributed by atoms with Crippen LogP contribution in [-0.4, -0.2) is 24.7 Å². The Balaban J connectivity index is 0.00000272. The number of fused-ring (bicyclic) bond motifs is 2. The van der Waals surface area contributed by atoms with E-state index in [1.807, 2.05) is 54.6 Å². The summed E-state index contributed by atoms with van der Waals surface area (Å²) in [5.74, 6) is 1.10. The van der Waals surface area contributed by atoms with Gasteiger partial charge >= 0.3 is 51.4 Å². The molecule has 0 aliphatic rings. The Morgan fingerprint density at radius 2 is 1.74 bits per heavy atom. The quantitative estimate of drug-likeness (QED) is 0.287. The Labute approximate surface area is 223 Å². The van der Waals surface area contributed by atoms with Crippen LogP contribution in [0.25, 0.3) is 33.3 Å². The summed E-state index contributed by atoms with van der Waals surface area (Å²) in [6, 6.07) is 17.6. The van der Waals surface area contributed by atoms with Gasteiger partial charge in [0, 0.05) is 17.6 Å². The van der Waals surface area contributed by atoms with E-state index in [1.54, 1.807) is 7.11 Å². The fraction of sp³-hybridized carbons (Fsp3) is 0.250. The first-order valence-corrected chi connectivity index (χ1v) is 9.94. The van der Waals surface area contributed by atoms with Gasteiger partial charge in [0.15, 0.2) is 5.58 Å². The van der Waals surface area contributed by atoms with Crippen molar-refractivity contribution in [2.24, 2.45) is 0 Å². The maximum atomic E-state index is 10.4. The number of oxazole rings is 1. The molecule has 0 unspecified atom stereocenters. The van der Waals surface area contributed by atoms with Crippen LogP contribution in [0.2, 0.25) is 0 Å². The number of carbonyl (C=O) groups excluding carboxylic acids is 1. The maximum absolute atomic E-state index is 10.4. The number of ether oxygens (including phenoxy) is 2. The van der Waals surface area contributed by atoms with Gasteiger partial charge in [-0.15, -0.1) is 0 Å². The first kappa shape index (κ1) is 23.8. The first-order chi connectivity index (χ1) is 14.6. The van der Waals surface area contributed by atoms with Crippen LogP contribution in [0.5, 0.6) is 11.5 Å². The Morgan fingerprint density at radius 3 is 2.55 bits per heavy atom. The summed E-state index contributed by atoms with van der Waals surface area (Å²) < 4.78 is 16.9. The number of benzene rings is 3. The average Bonchev–Trinajstić information content (AvgIpc) is 3.18. The average molecular weight is 444 g/mol. The molecule has 0 amide bonds. The van der Waals surface area contributed by atoms with Gasteiger partial charge in [-0.05, 0) is 72.9 Å². The van der Waals surface area contributed by atoms with Crippen molar-refractivity contribution in [3.63, 3.8) is 0 Å². The number of hydrogen-bond donors (Lipinski definition) is 0. The van der Waals surface area contributed by atoms with E-state index in [1.165, 1.54) is 0 Å². The minimum absolute atomic E-state index is 0. The molecular formula is C24H22KNO5. The van der Waals surface area contributed by atoms with Crippen molar-refractivity contribution in [1.29, 1.82) is 0 Å². The predicted octanol–water partition coefficient (Wildman–Crippen LogP) is 1.35. The van der Waals surface area contributed by atoms with Gasteiger partial charge in [0.25, 0.3) is 0 Å². The van der Waals surface area contributed by atoms with Crippen LogP contribution >= 0.6 is 0 Å². The number of methoxy groups -OCH3 is 1. The second-order valence-corrected chi connectivity index (χ2v) is 7.11. The third kappa shape index (κ3) is 6.08. The predicted molar refractivity (Wildman–Crippen MR) is 112 cm³/mol. The normalized spacial score (nSPS) is 10.7. The molecule has 0 bridgehead atoms. The van der Waals surface area contributed by atoms with Gasteiger partial charge in [0.2, 0.25) is 5.89 Å². The topological polar surface area (TPSA) is 84.6 Å². The summed E-state index contributed by atoms with van der Waals surface area (Å²) in [6.45, 7) is 0.559. The molecule has 0 radical (unpaired) electrons. The number of carboxylic acid groups (broad SMARTS) is 1. The molecule has 0 spiro atoms. The molecular weight excluding hydrogens is 421 g/mol. The van der Waals surface area contributed by atoms with Crippen molar-refractivity contribution in [1.82, 2.24) is 4.98 Å². The van der Waals surface area contributed by atoms with Crippen LogP contribution < -0.4 is 66.0 Å². The number of carbonyl (C=O) groups is 1. The smallest absolute Gasteiger partial charge is 0.550 e. The molecule has 4 rings (SSSR count). The van der Waals surface area contributed by atoms with Crippen molar-refractivity contribution in [3.8, 4) is 23.0 Å². The molecule has 1 heterocycles. The van der Waals surface area contributed by atoms with E-state index in [-0.39, 0.29) is 57.8 Å². The van der Waals surface area contributed by atoms with Gasteiger partial charge in [-0.1, -0.05) is 12.1 Å². The van der Waals surface area contributed by atoms with E-state index < -0.39 is 5.97 Å². The monoisotopic (exact) mass is 443 g/mol. The number of carboxylic acids is 1. The van der Waals surface area contributed by atoms with Crippen LogP contribution in [0.1, 0.15) is 25.7 Å². The van der Waals surface area contributed by atoms with E-state index in [2.05, 4.69) is 4.98 Å². The van der Waals surface area contributed by atoms with Crippen LogP contribution in [0.3, 0.4) is 0 Å². The Morgan fingerprint density at radius 1 is 0.968 bits per heavy atom. The minimum Gasteiger partial charge on any atom is -0.550 e. The van der Waals surface area contributed by atoms with Crippen LogP contribution in [0.15, 0.2) is 59.0 Å². The van der Waals surface area contributed by atoms with Crippen LogP contribution in [0, 0.1) is 0 Å². The maximum Gasteiger partial charge on any atom is 1.00 e.